The molecule has 1 aromatic heterocycles. The molecule has 7 nitrogen and oxygen atoms in total. The number of amides is 1. The van der Waals surface area contributed by atoms with Gasteiger partial charge in [-0.3, -0.25) is 9.48 Å². The monoisotopic (exact) mass is 380 g/mol. The van der Waals surface area contributed by atoms with Crippen molar-refractivity contribution in [3.8, 4) is 0 Å². The average molecular weight is 380 g/mol. The van der Waals surface area contributed by atoms with Gasteiger partial charge in [-0.1, -0.05) is 18.6 Å². The number of aromatic nitrogens is 2. The van der Waals surface area contributed by atoms with E-state index < -0.39 is 10.0 Å². The molecule has 0 radical (unpaired) electrons. The number of carbonyl (C=O) groups excluding carboxylic acids is 1. The van der Waals surface area contributed by atoms with Gasteiger partial charge in [0.1, 0.15) is 10.7 Å². The van der Waals surface area contributed by atoms with Crippen molar-refractivity contribution in [1.82, 2.24) is 15.1 Å². The van der Waals surface area contributed by atoms with Crippen LogP contribution in [0.5, 0.6) is 0 Å². The van der Waals surface area contributed by atoms with E-state index in [0.29, 0.717) is 5.92 Å². The second-order valence-corrected chi connectivity index (χ2v) is 8.08. The number of halogens is 1. The summed E-state index contributed by atoms with van der Waals surface area (Å²) in [6, 6.07) is 6.04. The van der Waals surface area contributed by atoms with Gasteiger partial charge in [0.05, 0.1) is 12.2 Å². The van der Waals surface area contributed by atoms with Crippen molar-refractivity contribution in [2.24, 2.45) is 11.1 Å². The average Bonchev–Trinajstić information content (AvgIpc) is 3.01. The molecule has 0 bridgehead atoms. The van der Waals surface area contributed by atoms with Crippen molar-refractivity contribution in [3.05, 3.63) is 48.0 Å². The third-order valence-electron chi connectivity index (χ3n) is 4.67. The van der Waals surface area contributed by atoms with E-state index in [9.17, 15) is 17.6 Å². The summed E-state index contributed by atoms with van der Waals surface area (Å²) in [7, 11) is -3.80. The Morgan fingerprint density at radius 2 is 2.04 bits per heavy atom. The zero-order valence-corrected chi connectivity index (χ0v) is 15.0. The van der Waals surface area contributed by atoms with E-state index in [2.05, 4.69) is 10.4 Å². The maximum atomic E-state index is 13.2. The topological polar surface area (TPSA) is 107 Å². The fraction of sp³-hybridized carbons (Fsp3) is 0.412. The molecule has 1 unspecified atom stereocenters. The highest BCUT2D eigenvalue weighted by Crippen LogP contribution is 2.37. The zero-order chi connectivity index (χ0) is 18.7. The fourth-order valence-electron chi connectivity index (χ4n) is 2.99. The van der Waals surface area contributed by atoms with Gasteiger partial charge in [-0.25, -0.2) is 17.9 Å². The molecule has 1 saturated carbocycles. The molecule has 1 amide bonds. The molecule has 1 heterocycles. The molecule has 1 aliphatic carbocycles. The number of benzene rings is 1. The smallest absolute Gasteiger partial charge is 0.241 e. The Bertz CT molecular complexity index is 876. The summed E-state index contributed by atoms with van der Waals surface area (Å²) in [6.45, 7) is 0.238. The Labute approximate surface area is 151 Å². The molecule has 1 atom stereocenters. The molecule has 3 rings (SSSR count). The lowest BCUT2D eigenvalue weighted by Gasteiger charge is -2.34. The molecule has 0 spiro atoms. The van der Waals surface area contributed by atoms with Crippen molar-refractivity contribution in [2.45, 2.75) is 43.2 Å². The molecular weight excluding hydrogens is 359 g/mol. The van der Waals surface area contributed by atoms with Crippen LogP contribution in [0.2, 0.25) is 0 Å². The molecule has 140 valence electrons. The van der Waals surface area contributed by atoms with E-state index in [4.69, 9.17) is 5.14 Å². The maximum Gasteiger partial charge on any atom is 0.241 e. The lowest BCUT2D eigenvalue weighted by molar-refractivity contribution is -0.122. The quantitative estimate of drug-likeness (QED) is 0.762. The van der Waals surface area contributed by atoms with Crippen LogP contribution in [0.4, 0.5) is 4.39 Å². The van der Waals surface area contributed by atoms with Gasteiger partial charge in [-0.05, 0) is 36.5 Å². The predicted octanol–water partition coefficient (Wildman–Crippen LogP) is 1.72. The second-order valence-electron chi connectivity index (χ2n) is 6.52. The third kappa shape index (κ3) is 4.47. The molecule has 3 N–H and O–H groups in total. The summed E-state index contributed by atoms with van der Waals surface area (Å²) in [5, 5.41) is 12.0. The summed E-state index contributed by atoms with van der Waals surface area (Å²) in [6.07, 6.45) is 5.78. The van der Waals surface area contributed by atoms with E-state index >= 15 is 0 Å². The molecule has 2 aromatic rings. The number of hydrogen-bond acceptors (Lipinski definition) is 4. The molecule has 26 heavy (non-hydrogen) atoms. The van der Waals surface area contributed by atoms with Gasteiger partial charge in [0, 0.05) is 19.2 Å². The van der Waals surface area contributed by atoms with Crippen LogP contribution in [-0.4, -0.2) is 24.1 Å². The minimum Gasteiger partial charge on any atom is -0.349 e. The first-order valence-corrected chi connectivity index (χ1v) is 9.97. The summed E-state index contributed by atoms with van der Waals surface area (Å²) in [5.41, 5.74) is 0.889. The van der Waals surface area contributed by atoms with E-state index in [1.54, 1.807) is 12.1 Å². The lowest BCUT2D eigenvalue weighted by Crippen LogP contribution is -2.36. The number of carbonyl (C=O) groups is 1. The van der Waals surface area contributed by atoms with Gasteiger partial charge in [0.25, 0.3) is 0 Å². The molecule has 0 aliphatic heterocycles. The number of aryl methyl sites for hydroxylation is 1. The van der Waals surface area contributed by atoms with Gasteiger partial charge >= 0.3 is 0 Å². The van der Waals surface area contributed by atoms with Crippen molar-refractivity contribution in [3.63, 3.8) is 0 Å². The first-order chi connectivity index (χ1) is 12.3. The molecule has 0 saturated heterocycles. The molecule has 1 fully saturated rings. The standard InChI is InChI=1S/C17H21FN4O3S/c18-14-6-4-13(5-7-14)17(12-2-1-3-12)21-16(23)8-9-22-11-15(10-20-22)26(19,24)25/h4-7,10-12,17H,1-3,8-9H2,(H,21,23)(H2,19,24,25). The zero-order valence-electron chi connectivity index (χ0n) is 14.1. The highest BCUT2D eigenvalue weighted by molar-refractivity contribution is 7.89. The molecular formula is C17H21FN4O3S. The van der Waals surface area contributed by atoms with E-state index in [1.807, 2.05) is 0 Å². The van der Waals surface area contributed by atoms with Crippen LogP contribution in [0.1, 0.15) is 37.3 Å². The molecule has 1 aliphatic rings. The van der Waals surface area contributed by atoms with Gasteiger partial charge in [-0.15, -0.1) is 0 Å². The van der Waals surface area contributed by atoms with Crippen molar-refractivity contribution < 1.29 is 17.6 Å². The SMILES string of the molecule is NS(=O)(=O)c1cnn(CCC(=O)NC(c2ccc(F)cc2)C2CCC2)c1. The van der Waals surface area contributed by atoms with Crippen LogP contribution in [0.15, 0.2) is 41.6 Å². The van der Waals surface area contributed by atoms with E-state index in [-0.39, 0.29) is 35.6 Å². The molecule has 9 heteroatoms. The minimum atomic E-state index is -3.80. The Morgan fingerprint density at radius 1 is 1.35 bits per heavy atom. The number of nitrogens with one attached hydrogen (secondary N) is 1. The van der Waals surface area contributed by atoms with Crippen molar-refractivity contribution >= 4 is 15.9 Å². The van der Waals surface area contributed by atoms with Crippen LogP contribution >= 0.6 is 0 Å². The van der Waals surface area contributed by atoms with Crippen LogP contribution in [0.3, 0.4) is 0 Å². The van der Waals surface area contributed by atoms with E-state index in [0.717, 1.165) is 31.0 Å². The summed E-state index contributed by atoms with van der Waals surface area (Å²) < 4.78 is 37.0. The largest absolute Gasteiger partial charge is 0.349 e. The first-order valence-electron chi connectivity index (χ1n) is 8.43. The second kappa shape index (κ2) is 7.55. The van der Waals surface area contributed by atoms with Gasteiger partial charge in [0.2, 0.25) is 15.9 Å². The van der Waals surface area contributed by atoms with Crippen LogP contribution in [0, 0.1) is 11.7 Å². The number of nitrogens with zero attached hydrogens (tertiary/aromatic N) is 2. The van der Waals surface area contributed by atoms with Crippen molar-refractivity contribution in [1.29, 1.82) is 0 Å². The Balaban J connectivity index is 1.61. The number of nitrogens with two attached hydrogens (primary N) is 1. The number of primary sulfonamides is 1. The first kappa shape index (κ1) is 18.5. The summed E-state index contributed by atoms with van der Waals surface area (Å²) >= 11 is 0. The van der Waals surface area contributed by atoms with Crippen LogP contribution in [0.25, 0.3) is 0 Å². The summed E-state index contributed by atoms with van der Waals surface area (Å²) in [5.74, 6) is -0.126. The maximum absolute atomic E-state index is 13.2. The normalized spacial score (nSPS) is 16.1. The van der Waals surface area contributed by atoms with Crippen molar-refractivity contribution in [2.75, 3.05) is 0 Å². The van der Waals surface area contributed by atoms with Gasteiger partial charge in [-0.2, -0.15) is 5.10 Å². The Kier molecular flexibility index (Phi) is 5.38. The van der Waals surface area contributed by atoms with E-state index in [1.165, 1.54) is 23.0 Å². The predicted molar refractivity (Wildman–Crippen MR) is 92.8 cm³/mol. The summed E-state index contributed by atoms with van der Waals surface area (Å²) in [4.78, 5) is 12.3. The number of sulfonamides is 1. The van der Waals surface area contributed by atoms with Gasteiger partial charge < -0.3 is 5.32 Å². The molecule has 1 aromatic carbocycles. The Hall–Kier alpha value is -2.26. The number of hydrogen-bond donors (Lipinski definition) is 2. The minimum absolute atomic E-state index is 0.0865. The highest BCUT2D eigenvalue weighted by Gasteiger charge is 2.29. The lowest BCUT2D eigenvalue weighted by atomic mass is 9.77. The van der Waals surface area contributed by atoms with Crippen LogP contribution in [-0.2, 0) is 21.4 Å². The van der Waals surface area contributed by atoms with Crippen LogP contribution < -0.4 is 10.5 Å². The van der Waals surface area contributed by atoms with Gasteiger partial charge in [0.15, 0.2) is 0 Å². The fourth-order valence-corrected chi connectivity index (χ4v) is 3.45. The highest BCUT2D eigenvalue weighted by atomic mass is 32.2. The number of rotatable bonds is 7. The third-order valence-corrected chi connectivity index (χ3v) is 5.54. The Morgan fingerprint density at radius 3 is 2.58 bits per heavy atom.